The van der Waals surface area contributed by atoms with E-state index in [2.05, 4.69) is 15.6 Å². The molecule has 0 aromatic carbocycles. The van der Waals surface area contributed by atoms with E-state index in [1.54, 1.807) is 12.5 Å². The van der Waals surface area contributed by atoms with Crippen LogP contribution in [0.3, 0.4) is 0 Å². The third-order valence-corrected chi connectivity index (χ3v) is 2.40. The first-order valence-electron chi connectivity index (χ1n) is 5.67. The fraction of sp³-hybridized carbons (Fsp3) is 0.545. The minimum atomic E-state index is -1.27. The molecule has 0 aliphatic carbocycles. The van der Waals surface area contributed by atoms with E-state index < -0.39 is 17.5 Å². The first-order chi connectivity index (χ1) is 8.42. The zero-order valence-corrected chi connectivity index (χ0v) is 10.5. The number of amides is 2. The number of urea groups is 1. The number of carboxylic acid groups (broad SMARTS) is 1. The standard InChI is InChI=1S/C11H18N4O3/c1-11(2,9(16)17)14-10(18)13-4-3-6-15-7-5-12-8-15/h5,7-8H,3-4,6H2,1-2H3,(H,16,17)(H2,13,14,18). The molecular weight excluding hydrogens is 236 g/mol. The summed E-state index contributed by atoms with van der Waals surface area (Å²) >= 11 is 0. The Morgan fingerprint density at radius 2 is 2.17 bits per heavy atom. The van der Waals surface area contributed by atoms with Crippen LogP contribution in [0.1, 0.15) is 20.3 Å². The van der Waals surface area contributed by atoms with E-state index >= 15 is 0 Å². The van der Waals surface area contributed by atoms with Gasteiger partial charge in [0.25, 0.3) is 0 Å². The number of aliphatic carboxylic acids is 1. The molecule has 0 atom stereocenters. The van der Waals surface area contributed by atoms with Crippen LogP contribution in [0.2, 0.25) is 0 Å². The number of aromatic nitrogens is 2. The average molecular weight is 254 g/mol. The van der Waals surface area contributed by atoms with Crippen LogP contribution >= 0.6 is 0 Å². The van der Waals surface area contributed by atoms with E-state index in [1.807, 2.05) is 10.8 Å². The third-order valence-electron chi connectivity index (χ3n) is 2.40. The first kappa shape index (κ1) is 14.0. The van der Waals surface area contributed by atoms with Crippen LogP contribution in [0.15, 0.2) is 18.7 Å². The molecule has 1 aromatic heterocycles. The van der Waals surface area contributed by atoms with Crippen LogP contribution < -0.4 is 10.6 Å². The number of nitrogens with one attached hydrogen (secondary N) is 2. The quantitative estimate of drug-likeness (QED) is 0.642. The summed E-state index contributed by atoms with van der Waals surface area (Å²) in [5.74, 6) is -1.07. The van der Waals surface area contributed by atoms with Gasteiger partial charge < -0.3 is 20.3 Å². The van der Waals surface area contributed by atoms with Crippen LogP contribution in [-0.2, 0) is 11.3 Å². The Bertz CT molecular complexity index is 400. The summed E-state index contributed by atoms with van der Waals surface area (Å²) in [6.45, 7) is 4.09. The number of nitrogens with zero attached hydrogens (tertiary/aromatic N) is 2. The summed E-state index contributed by atoms with van der Waals surface area (Å²) in [5, 5.41) is 13.8. The highest BCUT2D eigenvalue weighted by Gasteiger charge is 2.28. The van der Waals surface area contributed by atoms with E-state index in [-0.39, 0.29) is 0 Å². The van der Waals surface area contributed by atoms with Crippen molar-refractivity contribution in [3.8, 4) is 0 Å². The smallest absolute Gasteiger partial charge is 0.328 e. The van der Waals surface area contributed by atoms with Crippen LogP contribution in [-0.4, -0.2) is 38.7 Å². The summed E-state index contributed by atoms with van der Waals surface area (Å²) < 4.78 is 1.90. The molecule has 1 heterocycles. The molecule has 100 valence electrons. The Morgan fingerprint density at radius 1 is 1.44 bits per heavy atom. The minimum absolute atomic E-state index is 0.472. The second-order valence-electron chi connectivity index (χ2n) is 4.47. The molecule has 0 aliphatic rings. The second-order valence-corrected chi connectivity index (χ2v) is 4.47. The topological polar surface area (TPSA) is 96.3 Å². The second kappa shape index (κ2) is 6.04. The third kappa shape index (κ3) is 4.44. The molecule has 1 rings (SSSR count). The van der Waals surface area contributed by atoms with Crippen LogP contribution in [0.4, 0.5) is 4.79 Å². The maximum absolute atomic E-state index is 11.4. The van der Waals surface area contributed by atoms with Gasteiger partial charge in [-0.3, -0.25) is 0 Å². The molecule has 0 unspecified atom stereocenters. The molecule has 1 aromatic rings. The maximum Gasteiger partial charge on any atom is 0.328 e. The van der Waals surface area contributed by atoms with Crippen molar-refractivity contribution in [2.75, 3.05) is 6.54 Å². The monoisotopic (exact) mass is 254 g/mol. The van der Waals surface area contributed by atoms with E-state index in [9.17, 15) is 9.59 Å². The molecule has 3 N–H and O–H groups in total. The molecule has 7 nitrogen and oxygen atoms in total. The molecule has 0 radical (unpaired) electrons. The van der Waals surface area contributed by atoms with Gasteiger partial charge in [-0.2, -0.15) is 0 Å². The lowest BCUT2D eigenvalue weighted by Gasteiger charge is -2.21. The number of hydrogen-bond acceptors (Lipinski definition) is 3. The molecule has 2 amide bonds. The summed E-state index contributed by atoms with van der Waals surface area (Å²) in [5.41, 5.74) is -1.27. The zero-order chi connectivity index (χ0) is 13.6. The normalized spacial score (nSPS) is 11.0. The lowest BCUT2D eigenvalue weighted by atomic mass is 10.1. The summed E-state index contributed by atoms with van der Waals surface area (Å²) in [6, 6.07) is -0.479. The van der Waals surface area contributed by atoms with Crippen molar-refractivity contribution in [1.82, 2.24) is 20.2 Å². The largest absolute Gasteiger partial charge is 0.480 e. The van der Waals surface area contributed by atoms with Gasteiger partial charge in [-0.1, -0.05) is 0 Å². The van der Waals surface area contributed by atoms with Crippen LogP contribution in [0, 0.1) is 0 Å². The number of rotatable bonds is 6. The van der Waals surface area contributed by atoms with E-state index in [1.165, 1.54) is 13.8 Å². The highest BCUT2D eigenvalue weighted by molar-refractivity contribution is 5.85. The van der Waals surface area contributed by atoms with Crippen molar-refractivity contribution in [1.29, 1.82) is 0 Å². The molecule has 0 aliphatic heterocycles. The number of imidazole rings is 1. The van der Waals surface area contributed by atoms with Gasteiger partial charge in [0.2, 0.25) is 0 Å². The number of aryl methyl sites for hydroxylation is 1. The summed E-state index contributed by atoms with van der Waals surface area (Å²) in [7, 11) is 0. The predicted octanol–water partition coefficient (Wildman–Crippen LogP) is 0.436. The van der Waals surface area contributed by atoms with Gasteiger partial charge in [-0.25, -0.2) is 14.6 Å². The van der Waals surface area contributed by atoms with Crippen molar-refractivity contribution in [2.45, 2.75) is 32.4 Å². The van der Waals surface area contributed by atoms with E-state index in [0.29, 0.717) is 6.54 Å². The van der Waals surface area contributed by atoms with Gasteiger partial charge in [0.1, 0.15) is 5.54 Å². The molecular formula is C11H18N4O3. The van der Waals surface area contributed by atoms with E-state index in [0.717, 1.165) is 13.0 Å². The average Bonchev–Trinajstić information content (AvgIpc) is 2.76. The highest BCUT2D eigenvalue weighted by Crippen LogP contribution is 2.00. The van der Waals surface area contributed by atoms with Crippen molar-refractivity contribution in [3.05, 3.63) is 18.7 Å². The Labute approximate surface area is 105 Å². The maximum atomic E-state index is 11.4. The van der Waals surface area contributed by atoms with Crippen LogP contribution in [0.5, 0.6) is 0 Å². The van der Waals surface area contributed by atoms with Gasteiger partial charge in [0.05, 0.1) is 6.33 Å². The highest BCUT2D eigenvalue weighted by atomic mass is 16.4. The number of carbonyl (C=O) groups is 2. The lowest BCUT2D eigenvalue weighted by Crippen LogP contribution is -2.53. The summed E-state index contributed by atoms with van der Waals surface area (Å²) in [6.07, 6.45) is 5.98. The van der Waals surface area contributed by atoms with Crippen molar-refractivity contribution >= 4 is 12.0 Å². The zero-order valence-electron chi connectivity index (χ0n) is 10.5. The van der Waals surface area contributed by atoms with Crippen molar-refractivity contribution in [3.63, 3.8) is 0 Å². The fourth-order valence-corrected chi connectivity index (χ4v) is 1.26. The van der Waals surface area contributed by atoms with Gasteiger partial charge in [-0.05, 0) is 20.3 Å². The predicted molar refractivity (Wildman–Crippen MR) is 65.1 cm³/mol. The van der Waals surface area contributed by atoms with Gasteiger partial charge in [-0.15, -0.1) is 0 Å². The van der Waals surface area contributed by atoms with Gasteiger partial charge >= 0.3 is 12.0 Å². The Balaban J connectivity index is 2.19. The molecule has 0 fully saturated rings. The molecule has 0 spiro atoms. The Morgan fingerprint density at radius 3 is 2.72 bits per heavy atom. The van der Waals surface area contributed by atoms with Gasteiger partial charge in [0.15, 0.2) is 0 Å². The Hall–Kier alpha value is -2.05. The summed E-state index contributed by atoms with van der Waals surface area (Å²) in [4.78, 5) is 26.1. The fourth-order valence-electron chi connectivity index (χ4n) is 1.26. The SMILES string of the molecule is CC(C)(NC(=O)NCCCn1ccnc1)C(=O)O. The number of carbonyl (C=O) groups excluding carboxylic acids is 1. The molecule has 0 bridgehead atoms. The molecule has 0 saturated heterocycles. The van der Waals surface area contributed by atoms with Crippen LogP contribution in [0.25, 0.3) is 0 Å². The first-order valence-corrected chi connectivity index (χ1v) is 5.67. The number of carboxylic acids is 1. The lowest BCUT2D eigenvalue weighted by molar-refractivity contribution is -0.142. The molecule has 18 heavy (non-hydrogen) atoms. The van der Waals surface area contributed by atoms with Crippen molar-refractivity contribution < 1.29 is 14.7 Å². The Kier molecular flexibility index (Phi) is 4.70. The minimum Gasteiger partial charge on any atom is -0.480 e. The molecule has 0 saturated carbocycles. The van der Waals surface area contributed by atoms with Crippen molar-refractivity contribution in [2.24, 2.45) is 0 Å². The van der Waals surface area contributed by atoms with Gasteiger partial charge in [0, 0.05) is 25.5 Å². The van der Waals surface area contributed by atoms with E-state index in [4.69, 9.17) is 5.11 Å². The number of hydrogen-bond donors (Lipinski definition) is 3. The molecule has 7 heteroatoms.